The quantitative estimate of drug-likeness (QED) is 0.903. The van der Waals surface area contributed by atoms with Gasteiger partial charge in [0.2, 0.25) is 0 Å². The largest absolute Gasteiger partial charge is 0.467 e. The molecule has 19 heavy (non-hydrogen) atoms. The van der Waals surface area contributed by atoms with E-state index in [1.165, 1.54) is 0 Å². The third-order valence-electron chi connectivity index (χ3n) is 3.63. The molecule has 0 unspecified atom stereocenters. The van der Waals surface area contributed by atoms with Gasteiger partial charge in [-0.25, -0.2) is 0 Å². The summed E-state index contributed by atoms with van der Waals surface area (Å²) in [6.07, 6.45) is 1.72. The number of aliphatic hydroxyl groups excluding tert-OH is 1. The third kappa shape index (κ3) is 3.03. The second-order valence-electron chi connectivity index (χ2n) is 5.19. The van der Waals surface area contributed by atoms with E-state index in [1.807, 2.05) is 12.1 Å². The van der Waals surface area contributed by atoms with Crippen LogP contribution in [0.25, 0.3) is 0 Å². The first-order valence-corrected chi connectivity index (χ1v) is 7.02. The van der Waals surface area contributed by atoms with Crippen molar-refractivity contribution in [2.75, 3.05) is 19.9 Å². The highest BCUT2D eigenvalue weighted by Crippen LogP contribution is 2.32. The number of aliphatic hydroxyl groups is 1. The summed E-state index contributed by atoms with van der Waals surface area (Å²) in [6.45, 7) is 3.34. The van der Waals surface area contributed by atoms with Crippen molar-refractivity contribution in [3.63, 3.8) is 0 Å². The molecule has 1 aromatic rings. The van der Waals surface area contributed by atoms with Crippen LogP contribution in [0.3, 0.4) is 0 Å². The first-order valence-electron chi connectivity index (χ1n) is 6.64. The Labute approximate surface area is 117 Å². The third-order valence-corrected chi connectivity index (χ3v) is 3.84. The van der Waals surface area contributed by atoms with Gasteiger partial charge in [0.05, 0.1) is 12.7 Å². The molecule has 0 amide bonds. The predicted molar refractivity (Wildman–Crippen MR) is 72.3 cm³/mol. The maximum absolute atomic E-state index is 9.73. The van der Waals surface area contributed by atoms with Crippen molar-refractivity contribution in [2.45, 2.75) is 32.1 Å². The first-order chi connectivity index (χ1) is 9.22. The number of rotatable bonds is 2. The summed E-state index contributed by atoms with van der Waals surface area (Å²) in [5, 5.41) is 10.4. The molecule has 0 aliphatic carbocycles. The lowest BCUT2D eigenvalue weighted by Gasteiger charge is -2.31. The summed E-state index contributed by atoms with van der Waals surface area (Å²) in [4.78, 5) is 2.25. The molecule has 1 fully saturated rings. The molecular formula is C14H18ClNO3. The van der Waals surface area contributed by atoms with E-state index < -0.39 is 0 Å². The predicted octanol–water partition coefficient (Wildman–Crippen LogP) is 2.16. The van der Waals surface area contributed by atoms with Gasteiger partial charge in [0.15, 0.2) is 6.79 Å². The molecule has 3 rings (SSSR count). The first kappa shape index (κ1) is 13.2. The van der Waals surface area contributed by atoms with Crippen LogP contribution in [-0.2, 0) is 17.9 Å². The molecule has 0 spiro atoms. The number of benzene rings is 1. The van der Waals surface area contributed by atoms with Crippen molar-refractivity contribution in [3.8, 4) is 5.75 Å². The molecule has 2 aliphatic heterocycles. The zero-order valence-corrected chi connectivity index (χ0v) is 11.5. The monoisotopic (exact) mass is 283 g/mol. The van der Waals surface area contributed by atoms with Gasteiger partial charge in [-0.1, -0.05) is 11.6 Å². The second kappa shape index (κ2) is 5.67. The fraction of sp³-hybridized carbons (Fsp3) is 0.571. The lowest BCUT2D eigenvalue weighted by Crippen LogP contribution is -2.37. The molecular weight excluding hydrogens is 266 g/mol. The van der Waals surface area contributed by atoms with Gasteiger partial charge < -0.3 is 14.6 Å². The van der Waals surface area contributed by atoms with Gasteiger partial charge >= 0.3 is 0 Å². The highest BCUT2D eigenvalue weighted by atomic mass is 35.5. The molecule has 1 aromatic carbocycles. The lowest BCUT2D eigenvalue weighted by molar-refractivity contribution is -0.0178. The molecule has 2 aliphatic rings. The van der Waals surface area contributed by atoms with E-state index in [0.29, 0.717) is 18.4 Å². The summed E-state index contributed by atoms with van der Waals surface area (Å²) in [7, 11) is 0. The standard InChI is InChI=1S/C14H18ClNO3/c15-12-4-10(6-16-3-1-2-13(17)7-16)14-11(5-12)8-18-9-19-14/h4-5,13,17H,1-3,6-9H2/t13-/m0/s1. The summed E-state index contributed by atoms with van der Waals surface area (Å²) in [6, 6.07) is 3.84. The molecule has 0 aromatic heterocycles. The Morgan fingerprint density at radius 2 is 2.32 bits per heavy atom. The average Bonchev–Trinajstić information content (AvgIpc) is 2.38. The molecule has 0 bridgehead atoms. The van der Waals surface area contributed by atoms with Gasteiger partial charge in [-0.3, -0.25) is 4.90 Å². The topological polar surface area (TPSA) is 41.9 Å². The van der Waals surface area contributed by atoms with E-state index in [4.69, 9.17) is 21.1 Å². The molecule has 4 nitrogen and oxygen atoms in total. The maximum Gasteiger partial charge on any atom is 0.189 e. The van der Waals surface area contributed by atoms with Crippen LogP contribution >= 0.6 is 11.6 Å². The Balaban J connectivity index is 1.81. The minimum Gasteiger partial charge on any atom is -0.467 e. The normalized spacial score (nSPS) is 23.8. The van der Waals surface area contributed by atoms with Gasteiger partial charge in [-0.05, 0) is 31.5 Å². The molecule has 1 saturated heterocycles. The molecule has 2 heterocycles. The van der Waals surface area contributed by atoms with Crippen LogP contribution in [0, 0.1) is 0 Å². The van der Waals surface area contributed by atoms with Gasteiger partial charge in [-0.15, -0.1) is 0 Å². The highest BCUT2D eigenvalue weighted by molar-refractivity contribution is 6.30. The zero-order valence-electron chi connectivity index (χ0n) is 10.8. The van der Waals surface area contributed by atoms with Crippen molar-refractivity contribution in [3.05, 3.63) is 28.3 Å². The molecule has 1 N–H and O–H groups in total. The van der Waals surface area contributed by atoms with Gasteiger partial charge in [0.1, 0.15) is 5.75 Å². The summed E-state index contributed by atoms with van der Waals surface area (Å²) < 4.78 is 10.9. The summed E-state index contributed by atoms with van der Waals surface area (Å²) >= 11 is 6.15. The van der Waals surface area contributed by atoms with Crippen molar-refractivity contribution in [1.82, 2.24) is 4.90 Å². The Bertz CT molecular complexity index is 466. The highest BCUT2D eigenvalue weighted by Gasteiger charge is 2.21. The van der Waals surface area contributed by atoms with Gasteiger partial charge in [0, 0.05) is 29.2 Å². The van der Waals surface area contributed by atoms with Crippen LogP contribution in [0.2, 0.25) is 5.02 Å². The Morgan fingerprint density at radius 3 is 3.16 bits per heavy atom. The van der Waals surface area contributed by atoms with Crippen LogP contribution in [0.1, 0.15) is 24.0 Å². The van der Waals surface area contributed by atoms with Gasteiger partial charge in [0.25, 0.3) is 0 Å². The van der Waals surface area contributed by atoms with Crippen molar-refractivity contribution in [1.29, 1.82) is 0 Å². The number of ether oxygens (including phenoxy) is 2. The smallest absolute Gasteiger partial charge is 0.189 e. The molecule has 0 radical (unpaired) electrons. The summed E-state index contributed by atoms with van der Waals surface area (Å²) in [5.74, 6) is 0.899. The number of halogens is 1. The number of hydrogen-bond acceptors (Lipinski definition) is 4. The lowest BCUT2D eigenvalue weighted by atomic mass is 10.0. The van der Waals surface area contributed by atoms with Crippen molar-refractivity contribution >= 4 is 11.6 Å². The average molecular weight is 284 g/mol. The van der Waals surface area contributed by atoms with E-state index >= 15 is 0 Å². The molecule has 0 saturated carbocycles. The van der Waals surface area contributed by atoms with E-state index in [0.717, 1.165) is 49.4 Å². The SMILES string of the molecule is O[C@H]1CCCN(Cc2cc(Cl)cc3c2OCOC3)C1. The van der Waals surface area contributed by atoms with Crippen molar-refractivity contribution in [2.24, 2.45) is 0 Å². The van der Waals surface area contributed by atoms with E-state index in [1.54, 1.807) is 0 Å². The van der Waals surface area contributed by atoms with Crippen LogP contribution < -0.4 is 4.74 Å². The number of piperidine rings is 1. The zero-order chi connectivity index (χ0) is 13.2. The number of hydrogen-bond donors (Lipinski definition) is 1. The molecule has 104 valence electrons. The van der Waals surface area contributed by atoms with E-state index in [2.05, 4.69) is 4.90 Å². The summed E-state index contributed by atoms with van der Waals surface area (Å²) in [5.41, 5.74) is 2.09. The second-order valence-corrected chi connectivity index (χ2v) is 5.63. The minimum absolute atomic E-state index is 0.215. The van der Waals surface area contributed by atoms with Crippen LogP contribution in [0.4, 0.5) is 0 Å². The fourth-order valence-electron chi connectivity index (χ4n) is 2.79. The van der Waals surface area contributed by atoms with Gasteiger partial charge in [-0.2, -0.15) is 0 Å². The number of fused-ring (bicyclic) bond motifs is 1. The van der Waals surface area contributed by atoms with Crippen LogP contribution in [0.5, 0.6) is 5.75 Å². The fourth-order valence-corrected chi connectivity index (χ4v) is 3.05. The van der Waals surface area contributed by atoms with Crippen molar-refractivity contribution < 1.29 is 14.6 Å². The number of β-amino-alcohol motifs (C(OH)–C–C–N with tert-alkyl or cyclic N) is 1. The number of nitrogens with zero attached hydrogens (tertiary/aromatic N) is 1. The minimum atomic E-state index is -0.215. The molecule has 5 heteroatoms. The van der Waals surface area contributed by atoms with E-state index in [-0.39, 0.29) is 6.10 Å². The van der Waals surface area contributed by atoms with Crippen LogP contribution in [0.15, 0.2) is 12.1 Å². The maximum atomic E-state index is 9.73. The van der Waals surface area contributed by atoms with E-state index in [9.17, 15) is 5.11 Å². The van der Waals surface area contributed by atoms with Crippen LogP contribution in [-0.4, -0.2) is 36.0 Å². The Hall–Kier alpha value is -0.810. The molecule has 1 atom stereocenters. The number of likely N-dealkylation sites (tertiary alicyclic amines) is 1. The Kier molecular flexibility index (Phi) is 3.93. The Morgan fingerprint density at radius 1 is 1.42 bits per heavy atom.